The summed E-state index contributed by atoms with van der Waals surface area (Å²) in [7, 11) is 2.05. The summed E-state index contributed by atoms with van der Waals surface area (Å²) in [4.78, 5) is 0. The second-order valence-electron chi connectivity index (χ2n) is 9.34. The van der Waals surface area contributed by atoms with Gasteiger partial charge in [0.05, 0.1) is 33.8 Å². The van der Waals surface area contributed by atoms with Gasteiger partial charge >= 0.3 is 0 Å². The Morgan fingerprint density at radius 3 is 1.83 bits per heavy atom. The molecule has 0 heterocycles. The Labute approximate surface area is 179 Å². The number of hydroxylamine groups is 2. The molecule has 0 aliphatic rings. The average molecular weight is 440 g/mol. The number of hydrogen-bond donors (Lipinski definition) is 2. The minimum atomic E-state index is -3.87. The highest BCUT2D eigenvalue weighted by molar-refractivity contribution is 7.86. The van der Waals surface area contributed by atoms with Gasteiger partial charge in [0.25, 0.3) is 10.1 Å². The fraction of sp³-hybridized carbons (Fsp3) is 1.00. The summed E-state index contributed by atoms with van der Waals surface area (Å²) in [5.74, 6) is -0.451. The van der Waals surface area contributed by atoms with E-state index in [2.05, 4.69) is 6.92 Å². The number of hydrogen-bond acceptors (Lipinski definition) is 6. The van der Waals surface area contributed by atoms with E-state index in [9.17, 15) is 18.6 Å². The predicted molar refractivity (Wildman–Crippen MR) is 119 cm³/mol. The molecular formula is C21H47N2O5S+. The van der Waals surface area contributed by atoms with Crippen LogP contribution in [0.25, 0.3) is 0 Å². The van der Waals surface area contributed by atoms with Crippen molar-refractivity contribution in [1.82, 2.24) is 5.06 Å². The van der Waals surface area contributed by atoms with Gasteiger partial charge in [-0.3, -0.25) is 0 Å². The Morgan fingerprint density at radius 1 is 0.897 bits per heavy atom. The van der Waals surface area contributed by atoms with E-state index in [0.29, 0.717) is 17.6 Å². The Bertz CT molecular complexity index is 492. The smallest absolute Gasteiger partial charge is 0.285 e. The highest BCUT2D eigenvalue weighted by atomic mass is 32.2. The number of likely N-dealkylation sites (N-methyl/N-ethyl adjacent to an activating group) is 1. The summed E-state index contributed by atoms with van der Waals surface area (Å²) in [5, 5.41) is 21.0. The fourth-order valence-corrected chi connectivity index (χ4v) is 4.45. The molecule has 2 N–H and O–H groups in total. The Hall–Kier alpha value is -0.250. The quantitative estimate of drug-likeness (QED) is 0.183. The second-order valence-corrected chi connectivity index (χ2v) is 10.9. The molecule has 7 nitrogen and oxygen atoms in total. The second kappa shape index (κ2) is 15.5. The first-order valence-electron chi connectivity index (χ1n) is 11.3. The highest BCUT2D eigenvalue weighted by Gasteiger charge is 2.24. The van der Waals surface area contributed by atoms with Crippen LogP contribution < -0.4 is 0 Å². The van der Waals surface area contributed by atoms with E-state index in [4.69, 9.17) is 4.28 Å². The Morgan fingerprint density at radius 2 is 1.38 bits per heavy atom. The van der Waals surface area contributed by atoms with Crippen LogP contribution in [0.4, 0.5) is 0 Å². The molecule has 0 aliphatic heterocycles. The number of unbranched alkanes of at least 4 members (excludes halogenated alkanes) is 9. The van der Waals surface area contributed by atoms with Crippen LogP contribution in [-0.2, 0) is 14.4 Å². The molecule has 0 aromatic rings. The van der Waals surface area contributed by atoms with E-state index < -0.39 is 28.1 Å². The summed E-state index contributed by atoms with van der Waals surface area (Å²) >= 11 is 0. The normalized spacial score (nSPS) is 15.0. The van der Waals surface area contributed by atoms with E-state index >= 15 is 0 Å². The zero-order valence-corrected chi connectivity index (χ0v) is 20.3. The van der Waals surface area contributed by atoms with Gasteiger partial charge in [-0.15, -0.1) is 0 Å². The first-order chi connectivity index (χ1) is 13.4. The van der Waals surface area contributed by atoms with Gasteiger partial charge in [0.15, 0.2) is 0 Å². The Kier molecular flexibility index (Phi) is 15.4. The van der Waals surface area contributed by atoms with Crippen molar-refractivity contribution in [3.8, 4) is 0 Å². The molecule has 0 bridgehead atoms. The van der Waals surface area contributed by atoms with Gasteiger partial charge in [-0.2, -0.15) is 17.8 Å². The molecule has 0 fully saturated rings. The number of nitrogens with zero attached hydrogens (tertiary/aromatic N) is 2. The fourth-order valence-electron chi connectivity index (χ4n) is 3.35. The lowest BCUT2D eigenvalue weighted by Crippen LogP contribution is -2.46. The maximum atomic E-state index is 12.1. The van der Waals surface area contributed by atoms with Gasteiger partial charge in [0.1, 0.15) is 18.4 Å². The third kappa shape index (κ3) is 19.5. The number of aliphatic hydroxyl groups excluding tert-OH is 2. The van der Waals surface area contributed by atoms with Crippen LogP contribution in [0.2, 0.25) is 0 Å². The van der Waals surface area contributed by atoms with E-state index in [1.807, 2.05) is 21.1 Å². The molecule has 176 valence electrons. The van der Waals surface area contributed by atoms with Crippen molar-refractivity contribution in [2.45, 2.75) is 90.3 Å². The molecular weight excluding hydrogens is 392 g/mol. The number of rotatable bonds is 19. The van der Waals surface area contributed by atoms with Crippen LogP contribution in [0, 0.1) is 0 Å². The minimum Gasteiger partial charge on any atom is -0.392 e. The van der Waals surface area contributed by atoms with Gasteiger partial charge in [0.2, 0.25) is 0 Å². The van der Waals surface area contributed by atoms with Crippen molar-refractivity contribution in [2.75, 3.05) is 46.5 Å². The average Bonchev–Trinajstić information content (AvgIpc) is 2.52. The molecule has 0 saturated carbocycles. The monoisotopic (exact) mass is 439 g/mol. The van der Waals surface area contributed by atoms with Crippen LogP contribution in [0.3, 0.4) is 0 Å². The summed E-state index contributed by atoms with van der Waals surface area (Å²) < 4.78 is 30.0. The summed E-state index contributed by atoms with van der Waals surface area (Å²) in [6.07, 6.45) is 10.3. The van der Waals surface area contributed by atoms with Gasteiger partial charge in [-0.05, 0) is 13.3 Å². The standard InChI is InChI=1S/C21H47N2O5S/c1-6-7-8-9-10-11-12-13-14-15-16-22(17-21(25)18-23(3,4)5)28-29(26,27)19-20(2)24/h20-21,24-25H,6-19H2,1-5H3/q+1. The van der Waals surface area contributed by atoms with Crippen molar-refractivity contribution in [1.29, 1.82) is 0 Å². The zero-order chi connectivity index (χ0) is 22.3. The first kappa shape index (κ1) is 28.8. The lowest BCUT2D eigenvalue weighted by atomic mass is 10.1. The topological polar surface area (TPSA) is 87.1 Å². The van der Waals surface area contributed by atoms with Crippen molar-refractivity contribution in [3.63, 3.8) is 0 Å². The molecule has 0 rings (SSSR count). The van der Waals surface area contributed by atoms with Crippen LogP contribution in [-0.4, -0.2) is 86.9 Å². The lowest BCUT2D eigenvalue weighted by molar-refractivity contribution is -0.873. The molecule has 0 saturated heterocycles. The molecule has 29 heavy (non-hydrogen) atoms. The van der Waals surface area contributed by atoms with E-state index in [1.165, 1.54) is 56.9 Å². The molecule has 2 unspecified atom stereocenters. The largest absolute Gasteiger partial charge is 0.392 e. The van der Waals surface area contributed by atoms with Crippen molar-refractivity contribution in [2.24, 2.45) is 0 Å². The zero-order valence-electron chi connectivity index (χ0n) is 19.5. The number of quaternary nitrogens is 1. The maximum Gasteiger partial charge on any atom is 0.285 e. The molecule has 0 aromatic carbocycles. The Balaban J connectivity index is 4.34. The molecule has 0 spiro atoms. The minimum absolute atomic E-state index is 0.131. The van der Waals surface area contributed by atoms with E-state index in [1.54, 1.807) is 0 Å². The summed E-state index contributed by atoms with van der Waals surface area (Å²) in [6, 6.07) is 0. The van der Waals surface area contributed by atoms with Crippen molar-refractivity contribution < 1.29 is 27.4 Å². The SMILES string of the molecule is CCCCCCCCCCCCN(CC(O)C[N+](C)(C)C)OS(=O)(=O)CC(C)O. The number of aliphatic hydroxyl groups is 2. The van der Waals surface area contributed by atoms with Gasteiger partial charge in [-0.1, -0.05) is 64.7 Å². The molecule has 0 amide bonds. The van der Waals surface area contributed by atoms with Crippen LogP contribution in [0.5, 0.6) is 0 Å². The van der Waals surface area contributed by atoms with E-state index in [0.717, 1.165) is 19.3 Å². The van der Waals surface area contributed by atoms with Crippen LogP contribution in [0.15, 0.2) is 0 Å². The van der Waals surface area contributed by atoms with Crippen LogP contribution in [0.1, 0.15) is 78.1 Å². The summed E-state index contributed by atoms with van der Waals surface area (Å²) in [5.41, 5.74) is 0. The predicted octanol–water partition coefficient (Wildman–Crippen LogP) is 2.92. The molecule has 0 radical (unpaired) electrons. The van der Waals surface area contributed by atoms with E-state index in [-0.39, 0.29) is 6.54 Å². The van der Waals surface area contributed by atoms with Crippen molar-refractivity contribution >= 4 is 10.1 Å². The van der Waals surface area contributed by atoms with Gasteiger partial charge < -0.3 is 14.7 Å². The van der Waals surface area contributed by atoms with Gasteiger partial charge in [-0.25, -0.2) is 0 Å². The van der Waals surface area contributed by atoms with Crippen molar-refractivity contribution in [3.05, 3.63) is 0 Å². The lowest BCUT2D eigenvalue weighted by Gasteiger charge is -2.29. The highest BCUT2D eigenvalue weighted by Crippen LogP contribution is 2.12. The third-order valence-corrected chi connectivity index (χ3v) is 5.93. The van der Waals surface area contributed by atoms with Gasteiger partial charge in [0, 0.05) is 6.54 Å². The molecule has 0 aliphatic carbocycles. The van der Waals surface area contributed by atoms with Crippen LogP contribution >= 0.6 is 0 Å². The molecule has 8 heteroatoms. The first-order valence-corrected chi connectivity index (χ1v) is 12.9. The third-order valence-electron chi connectivity index (χ3n) is 4.60. The summed E-state index contributed by atoms with van der Waals surface area (Å²) in [6.45, 7) is 4.72. The maximum absolute atomic E-state index is 12.1. The molecule has 2 atom stereocenters. The molecule has 0 aromatic heterocycles.